The Morgan fingerprint density at radius 2 is 1.93 bits per heavy atom. The SMILES string of the molecule is CC(C)(C)N1OCCc2ccccc21. The maximum absolute atomic E-state index is 5.70. The van der Waals surface area contributed by atoms with Gasteiger partial charge in [-0.2, -0.15) is 0 Å². The van der Waals surface area contributed by atoms with Gasteiger partial charge in [0.2, 0.25) is 0 Å². The number of hydrogen-bond donors (Lipinski definition) is 0. The summed E-state index contributed by atoms with van der Waals surface area (Å²) in [6.07, 6.45) is 1.02. The van der Waals surface area contributed by atoms with Gasteiger partial charge in [0.05, 0.1) is 17.8 Å². The van der Waals surface area contributed by atoms with E-state index in [0.717, 1.165) is 13.0 Å². The molecule has 0 bridgehead atoms. The Hall–Kier alpha value is -1.02. The second-order valence-electron chi connectivity index (χ2n) is 4.68. The summed E-state index contributed by atoms with van der Waals surface area (Å²) < 4.78 is 0. The maximum atomic E-state index is 5.70. The maximum Gasteiger partial charge on any atom is 0.0790 e. The molecule has 0 aliphatic carbocycles. The molecular formula is C12H17NO. The van der Waals surface area contributed by atoms with Crippen molar-refractivity contribution in [2.24, 2.45) is 0 Å². The summed E-state index contributed by atoms with van der Waals surface area (Å²) in [7, 11) is 0. The molecule has 14 heavy (non-hydrogen) atoms. The van der Waals surface area contributed by atoms with Crippen LogP contribution in [0.5, 0.6) is 0 Å². The molecular weight excluding hydrogens is 174 g/mol. The fraction of sp³-hybridized carbons (Fsp3) is 0.500. The molecule has 1 aliphatic heterocycles. The van der Waals surface area contributed by atoms with Crippen molar-refractivity contribution in [2.45, 2.75) is 32.7 Å². The first-order valence-electron chi connectivity index (χ1n) is 5.10. The molecule has 0 amide bonds. The van der Waals surface area contributed by atoms with Crippen LogP contribution < -0.4 is 5.06 Å². The van der Waals surface area contributed by atoms with Crippen LogP contribution in [0.3, 0.4) is 0 Å². The Balaban J connectivity index is 2.41. The highest BCUT2D eigenvalue weighted by Gasteiger charge is 2.27. The summed E-state index contributed by atoms with van der Waals surface area (Å²) in [4.78, 5) is 5.70. The fourth-order valence-electron chi connectivity index (χ4n) is 1.79. The molecule has 1 aliphatic rings. The summed E-state index contributed by atoms with van der Waals surface area (Å²) in [5, 5.41) is 2.02. The van der Waals surface area contributed by atoms with Crippen molar-refractivity contribution < 1.29 is 4.84 Å². The Morgan fingerprint density at radius 1 is 1.21 bits per heavy atom. The van der Waals surface area contributed by atoms with Crippen LogP contribution in [0.2, 0.25) is 0 Å². The highest BCUT2D eigenvalue weighted by Crippen LogP contribution is 2.31. The minimum Gasteiger partial charge on any atom is -0.273 e. The highest BCUT2D eigenvalue weighted by atomic mass is 16.7. The highest BCUT2D eigenvalue weighted by molar-refractivity contribution is 5.54. The number of para-hydroxylation sites is 1. The van der Waals surface area contributed by atoms with Gasteiger partial charge in [0.1, 0.15) is 0 Å². The lowest BCUT2D eigenvalue weighted by molar-refractivity contribution is 0.0588. The van der Waals surface area contributed by atoms with Crippen molar-refractivity contribution in [3.05, 3.63) is 29.8 Å². The zero-order chi connectivity index (χ0) is 10.2. The van der Waals surface area contributed by atoms with E-state index in [4.69, 9.17) is 4.84 Å². The van der Waals surface area contributed by atoms with Crippen LogP contribution in [-0.4, -0.2) is 12.1 Å². The normalized spacial score (nSPS) is 16.6. The van der Waals surface area contributed by atoms with E-state index < -0.39 is 0 Å². The Bertz CT molecular complexity index is 327. The predicted octanol–water partition coefficient (Wildman–Crippen LogP) is 2.78. The van der Waals surface area contributed by atoms with E-state index in [-0.39, 0.29) is 5.54 Å². The van der Waals surface area contributed by atoms with Crippen LogP contribution in [0, 0.1) is 0 Å². The molecule has 0 fully saturated rings. The molecule has 0 spiro atoms. The summed E-state index contributed by atoms with van der Waals surface area (Å²) in [6, 6.07) is 8.45. The fourth-order valence-corrected chi connectivity index (χ4v) is 1.79. The third-order valence-corrected chi connectivity index (χ3v) is 2.41. The molecule has 0 N–H and O–H groups in total. The summed E-state index contributed by atoms with van der Waals surface area (Å²) >= 11 is 0. The van der Waals surface area contributed by atoms with Gasteiger partial charge in [0, 0.05) is 6.42 Å². The average molecular weight is 191 g/mol. The number of hydroxylamine groups is 1. The third-order valence-electron chi connectivity index (χ3n) is 2.41. The van der Waals surface area contributed by atoms with Crippen molar-refractivity contribution in [3.8, 4) is 0 Å². The number of nitrogens with zero attached hydrogens (tertiary/aromatic N) is 1. The second kappa shape index (κ2) is 3.28. The number of fused-ring (bicyclic) bond motifs is 1. The standard InChI is InChI=1S/C12H17NO/c1-12(2,3)13-11-7-5-4-6-10(11)8-9-14-13/h4-7H,8-9H2,1-3H3. The molecule has 2 nitrogen and oxygen atoms in total. The molecule has 1 heterocycles. The quantitative estimate of drug-likeness (QED) is 0.625. The molecule has 0 radical (unpaired) electrons. The van der Waals surface area contributed by atoms with Gasteiger partial charge in [-0.05, 0) is 32.4 Å². The van der Waals surface area contributed by atoms with Gasteiger partial charge in [-0.3, -0.25) is 4.84 Å². The van der Waals surface area contributed by atoms with Crippen LogP contribution in [0.25, 0.3) is 0 Å². The molecule has 0 saturated carbocycles. The first-order valence-corrected chi connectivity index (χ1v) is 5.10. The Labute approximate surface area is 85.4 Å². The van der Waals surface area contributed by atoms with Crippen LogP contribution in [0.4, 0.5) is 5.69 Å². The third kappa shape index (κ3) is 1.62. The predicted molar refractivity (Wildman–Crippen MR) is 58.3 cm³/mol. The van der Waals surface area contributed by atoms with Crippen molar-refractivity contribution in [1.82, 2.24) is 0 Å². The van der Waals surface area contributed by atoms with E-state index in [1.165, 1.54) is 11.3 Å². The molecule has 0 atom stereocenters. The van der Waals surface area contributed by atoms with E-state index in [9.17, 15) is 0 Å². The molecule has 0 aromatic heterocycles. The van der Waals surface area contributed by atoms with Crippen LogP contribution >= 0.6 is 0 Å². The van der Waals surface area contributed by atoms with Gasteiger partial charge < -0.3 is 0 Å². The van der Waals surface area contributed by atoms with E-state index >= 15 is 0 Å². The Kier molecular flexibility index (Phi) is 2.23. The first kappa shape index (κ1) is 9.53. The van der Waals surface area contributed by atoms with E-state index in [1.54, 1.807) is 0 Å². The van der Waals surface area contributed by atoms with Gasteiger partial charge in [-0.1, -0.05) is 18.2 Å². The lowest BCUT2D eigenvalue weighted by atomic mass is 10.0. The van der Waals surface area contributed by atoms with Crippen molar-refractivity contribution in [3.63, 3.8) is 0 Å². The topological polar surface area (TPSA) is 12.5 Å². The van der Waals surface area contributed by atoms with Gasteiger partial charge in [-0.25, -0.2) is 5.06 Å². The monoisotopic (exact) mass is 191 g/mol. The zero-order valence-electron chi connectivity index (χ0n) is 9.08. The molecule has 0 unspecified atom stereocenters. The zero-order valence-corrected chi connectivity index (χ0v) is 9.08. The van der Waals surface area contributed by atoms with Crippen LogP contribution in [0.15, 0.2) is 24.3 Å². The van der Waals surface area contributed by atoms with Crippen LogP contribution in [-0.2, 0) is 11.3 Å². The minimum atomic E-state index is 0.0243. The second-order valence-corrected chi connectivity index (χ2v) is 4.68. The number of rotatable bonds is 0. The molecule has 1 aromatic carbocycles. The summed E-state index contributed by atoms with van der Waals surface area (Å²) in [5.74, 6) is 0. The van der Waals surface area contributed by atoms with Crippen molar-refractivity contribution in [2.75, 3.05) is 11.7 Å². The van der Waals surface area contributed by atoms with Crippen LogP contribution in [0.1, 0.15) is 26.3 Å². The van der Waals surface area contributed by atoms with Crippen molar-refractivity contribution >= 4 is 5.69 Å². The smallest absolute Gasteiger partial charge is 0.0790 e. The largest absolute Gasteiger partial charge is 0.273 e. The number of benzene rings is 1. The summed E-state index contributed by atoms with van der Waals surface area (Å²) in [6.45, 7) is 7.27. The van der Waals surface area contributed by atoms with Gasteiger partial charge in [0.25, 0.3) is 0 Å². The summed E-state index contributed by atoms with van der Waals surface area (Å²) in [5.41, 5.74) is 2.62. The minimum absolute atomic E-state index is 0.0243. The Morgan fingerprint density at radius 3 is 2.64 bits per heavy atom. The molecule has 2 rings (SSSR count). The molecule has 76 valence electrons. The lowest BCUT2D eigenvalue weighted by Gasteiger charge is -2.39. The first-order chi connectivity index (χ1) is 6.59. The lowest BCUT2D eigenvalue weighted by Crippen LogP contribution is -2.44. The van der Waals surface area contributed by atoms with Gasteiger partial charge >= 0.3 is 0 Å². The average Bonchev–Trinajstić information content (AvgIpc) is 2.15. The van der Waals surface area contributed by atoms with E-state index in [2.05, 4.69) is 45.0 Å². The van der Waals surface area contributed by atoms with Gasteiger partial charge in [0.15, 0.2) is 0 Å². The molecule has 0 saturated heterocycles. The number of anilines is 1. The number of hydrogen-bond acceptors (Lipinski definition) is 2. The van der Waals surface area contributed by atoms with E-state index in [0.29, 0.717) is 0 Å². The molecule has 2 heteroatoms. The van der Waals surface area contributed by atoms with E-state index in [1.807, 2.05) is 5.06 Å². The van der Waals surface area contributed by atoms with Gasteiger partial charge in [-0.15, -0.1) is 0 Å². The molecule has 1 aromatic rings. The van der Waals surface area contributed by atoms with Crippen molar-refractivity contribution in [1.29, 1.82) is 0 Å².